The normalized spacial score (nSPS) is 14.1. The van der Waals surface area contributed by atoms with Gasteiger partial charge in [-0.25, -0.2) is 0 Å². The van der Waals surface area contributed by atoms with E-state index in [-0.39, 0.29) is 31.1 Å². The van der Waals surface area contributed by atoms with Crippen LogP contribution in [0.15, 0.2) is 54.6 Å². The Labute approximate surface area is 217 Å². The molecule has 2 aromatic carbocycles. The second kappa shape index (κ2) is 14.0. The number of hydrogen-bond acceptors (Lipinski definition) is 7. The van der Waals surface area contributed by atoms with Crippen LogP contribution in [0.1, 0.15) is 37.8 Å². The molecule has 0 unspecified atom stereocenters. The first-order valence-electron chi connectivity index (χ1n) is 12.1. The van der Waals surface area contributed by atoms with Crippen LogP contribution in [0.25, 0.3) is 0 Å². The average Bonchev–Trinajstić information content (AvgIpc) is 2.88. The van der Waals surface area contributed by atoms with Crippen molar-refractivity contribution in [3.8, 4) is 5.75 Å². The lowest BCUT2D eigenvalue weighted by Gasteiger charge is -2.36. The van der Waals surface area contributed by atoms with Crippen molar-refractivity contribution in [2.75, 3.05) is 7.11 Å². The SMILES string of the molecule is CC[C@H](C)[C@@H](C(N)=O)N(Cc1ccccc1)C(=O)[C@H](Cc1ccc(O)cc1)NC(=O)[C@@H](N)CC(=O)OC. The van der Waals surface area contributed by atoms with Crippen LogP contribution >= 0.6 is 0 Å². The highest BCUT2D eigenvalue weighted by atomic mass is 16.5. The Bertz CT molecular complexity index is 1060. The van der Waals surface area contributed by atoms with Gasteiger partial charge in [-0.1, -0.05) is 62.7 Å². The van der Waals surface area contributed by atoms with Gasteiger partial charge in [0.05, 0.1) is 19.6 Å². The first-order valence-corrected chi connectivity index (χ1v) is 12.1. The van der Waals surface area contributed by atoms with Crippen LogP contribution in [-0.4, -0.2) is 58.9 Å². The van der Waals surface area contributed by atoms with Crippen LogP contribution in [0, 0.1) is 5.92 Å². The molecule has 37 heavy (non-hydrogen) atoms. The molecule has 2 aromatic rings. The second-order valence-electron chi connectivity index (χ2n) is 9.00. The molecule has 0 spiro atoms. The molecule has 10 heteroatoms. The third kappa shape index (κ3) is 8.60. The summed E-state index contributed by atoms with van der Waals surface area (Å²) in [6, 6.07) is 12.0. The van der Waals surface area contributed by atoms with Crippen LogP contribution in [-0.2, 0) is 36.9 Å². The van der Waals surface area contributed by atoms with E-state index in [0.717, 1.165) is 5.56 Å². The predicted molar refractivity (Wildman–Crippen MR) is 138 cm³/mol. The van der Waals surface area contributed by atoms with Gasteiger partial charge in [0, 0.05) is 13.0 Å². The maximum atomic E-state index is 14.0. The Morgan fingerprint density at radius 1 is 1.03 bits per heavy atom. The number of phenols is 1. The number of ether oxygens (including phenoxy) is 1. The smallest absolute Gasteiger partial charge is 0.307 e. The van der Waals surface area contributed by atoms with Crippen LogP contribution in [0.4, 0.5) is 0 Å². The quantitative estimate of drug-likeness (QED) is 0.293. The number of benzene rings is 2. The van der Waals surface area contributed by atoms with Crippen molar-refractivity contribution in [2.45, 2.75) is 57.8 Å². The minimum atomic E-state index is -1.24. The van der Waals surface area contributed by atoms with Gasteiger partial charge in [0.25, 0.3) is 0 Å². The number of carbonyl (C=O) groups excluding carboxylic acids is 4. The minimum Gasteiger partial charge on any atom is -0.508 e. The van der Waals surface area contributed by atoms with Gasteiger partial charge < -0.3 is 31.5 Å². The molecule has 0 fully saturated rings. The Morgan fingerprint density at radius 3 is 2.19 bits per heavy atom. The van der Waals surface area contributed by atoms with E-state index in [1.165, 1.54) is 24.1 Å². The number of nitrogens with one attached hydrogen (secondary N) is 1. The number of amides is 3. The highest BCUT2D eigenvalue weighted by molar-refractivity contribution is 5.94. The topological polar surface area (TPSA) is 165 Å². The average molecular weight is 513 g/mol. The van der Waals surface area contributed by atoms with Gasteiger partial charge >= 0.3 is 5.97 Å². The number of aromatic hydroxyl groups is 1. The number of phenolic OH excluding ortho intramolecular Hbond substituents is 1. The molecular formula is C27H36N4O6. The third-order valence-corrected chi connectivity index (χ3v) is 6.23. The maximum absolute atomic E-state index is 14.0. The summed E-state index contributed by atoms with van der Waals surface area (Å²) in [5.41, 5.74) is 13.1. The molecule has 200 valence electrons. The molecule has 0 aliphatic heterocycles. The Balaban J connectivity index is 2.46. The fourth-order valence-corrected chi connectivity index (χ4v) is 3.96. The van der Waals surface area contributed by atoms with Crippen LogP contribution in [0.5, 0.6) is 5.75 Å². The summed E-state index contributed by atoms with van der Waals surface area (Å²) in [5.74, 6) is -2.78. The van der Waals surface area contributed by atoms with Gasteiger partial charge in [-0.05, 0) is 29.2 Å². The van der Waals surface area contributed by atoms with Crippen LogP contribution in [0.3, 0.4) is 0 Å². The van der Waals surface area contributed by atoms with E-state index in [1.807, 2.05) is 44.2 Å². The molecule has 0 saturated carbocycles. The molecular weight excluding hydrogens is 476 g/mol. The zero-order valence-electron chi connectivity index (χ0n) is 21.4. The van der Waals surface area contributed by atoms with Crippen molar-refractivity contribution in [3.05, 3.63) is 65.7 Å². The van der Waals surface area contributed by atoms with E-state index in [0.29, 0.717) is 12.0 Å². The van der Waals surface area contributed by atoms with Crippen LogP contribution < -0.4 is 16.8 Å². The molecule has 4 atom stereocenters. The summed E-state index contributed by atoms with van der Waals surface area (Å²) in [6.45, 7) is 3.82. The Morgan fingerprint density at radius 2 is 1.65 bits per heavy atom. The summed E-state index contributed by atoms with van der Waals surface area (Å²) < 4.78 is 4.58. The molecule has 2 rings (SSSR count). The van der Waals surface area contributed by atoms with E-state index in [2.05, 4.69) is 10.1 Å². The summed E-state index contributed by atoms with van der Waals surface area (Å²) in [5, 5.41) is 12.3. The van der Waals surface area contributed by atoms with E-state index in [1.54, 1.807) is 12.1 Å². The fourth-order valence-electron chi connectivity index (χ4n) is 3.96. The van der Waals surface area contributed by atoms with Crippen molar-refractivity contribution in [3.63, 3.8) is 0 Å². The van der Waals surface area contributed by atoms with Gasteiger partial charge in [-0.2, -0.15) is 0 Å². The monoisotopic (exact) mass is 512 g/mol. The number of hydrogen-bond donors (Lipinski definition) is 4. The number of rotatable bonds is 13. The van der Waals surface area contributed by atoms with Crippen molar-refractivity contribution in [1.82, 2.24) is 10.2 Å². The van der Waals surface area contributed by atoms with Gasteiger partial charge in [0.1, 0.15) is 17.8 Å². The van der Waals surface area contributed by atoms with E-state index in [4.69, 9.17) is 11.5 Å². The number of carbonyl (C=O) groups is 4. The van der Waals surface area contributed by atoms with Crippen LogP contribution in [0.2, 0.25) is 0 Å². The second-order valence-corrected chi connectivity index (χ2v) is 9.00. The highest BCUT2D eigenvalue weighted by Gasteiger charge is 2.37. The first kappa shape index (κ1) is 29.3. The number of nitrogens with two attached hydrogens (primary N) is 2. The summed E-state index contributed by atoms with van der Waals surface area (Å²) in [4.78, 5) is 52.5. The van der Waals surface area contributed by atoms with Gasteiger partial charge in [0.15, 0.2) is 0 Å². The first-order chi connectivity index (χ1) is 17.6. The summed E-state index contributed by atoms with van der Waals surface area (Å²) in [7, 11) is 1.18. The molecule has 10 nitrogen and oxygen atoms in total. The molecule has 0 heterocycles. The number of methoxy groups -OCH3 is 1. The Kier molecular flexibility index (Phi) is 11.1. The predicted octanol–water partition coefficient (Wildman–Crippen LogP) is 1.24. The number of primary amides is 1. The standard InChI is InChI=1S/C27H36N4O6/c1-4-17(2)24(25(29)34)31(16-19-8-6-5-7-9-19)27(36)22(14-18-10-12-20(32)13-11-18)30-26(35)21(28)15-23(33)37-3/h5-13,17,21-22,24,32H,4,14-16,28H2,1-3H3,(H2,29,34)(H,30,35)/t17-,21-,22-,24-/m0/s1. The van der Waals surface area contributed by atoms with Crippen molar-refractivity contribution in [2.24, 2.45) is 17.4 Å². The molecule has 6 N–H and O–H groups in total. The number of nitrogens with zero attached hydrogens (tertiary/aromatic N) is 1. The zero-order chi connectivity index (χ0) is 27.5. The summed E-state index contributed by atoms with van der Waals surface area (Å²) >= 11 is 0. The lowest BCUT2D eigenvalue weighted by Crippen LogP contribution is -2.58. The lowest BCUT2D eigenvalue weighted by atomic mass is 9.94. The van der Waals surface area contributed by atoms with Crippen molar-refractivity contribution < 1.29 is 29.0 Å². The van der Waals surface area contributed by atoms with Crippen molar-refractivity contribution in [1.29, 1.82) is 0 Å². The molecule has 0 bridgehead atoms. The molecule has 0 radical (unpaired) electrons. The zero-order valence-corrected chi connectivity index (χ0v) is 21.4. The molecule has 3 amide bonds. The fraction of sp³-hybridized carbons (Fsp3) is 0.407. The third-order valence-electron chi connectivity index (χ3n) is 6.23. The minimum absolute atomic E-state index is 0.0482. The number of esters is 1. The Hall–Kier alpha value is -3.92. The molecule has 0 aliphatic rings. The van der Waals surface area contributed by atoms with E-state index < -0.39 is 41.8 Å². The van der Waals surface area contributed by atoms with E-state index >= 15 is 0 Å². The molecule has 0 aromatic heterocycles. The summed E-state index contributed by atoms with van der Waals surface area (Å²) in [6.07, 6.45) is 0.269. The van der Waals surface area contributed by atoms with Gasteiger partial charge in [-0.3, -0.25) is 19.2 Å². The highest BCUT2D eigenvalue weighted by Crippen LogP contribution is 2.21. The van der Waals surface area contributed by atoms with Gasteiger partial charge in [0.2, 0.25) is 17.7 Å². The largest absolute Gasteiger partial charge is 0.508 e. The van der Waals surface area contributed by atoms with E-state index in [9.17, 15) is 24.3 Å². The lowest BCUT2D eigenvalue weighted by molar-refractivity contribution is -0.145. The maximum Gasteiger partial charge on any atom is 0.307 e. The molecule has 0 aliphatic carbocycles. The van der Waals surface area contributed by atoms with Gasteiger partial charge in [-0.15, -0.1) is 0 Å². The van der Waals surface area contributed by atoms with Crippen molar-refractivity contribution >= 4 is 23.7 Å². The molecule has 0 saturated heterocycles.